The van der Waals surface area contributed by atoms with Crippen LogP contribution in [0.1, 0.15) is 0 Å². The number of hydrogen-bond acceptors (Lipinski definition) is 5. The van der Waals surface area contributed by atoms with E-state index in [1.165, 1.54) is 22.1 Å². The van der Waals surface area contributed by atoms with Gasteiger partial charge in [-0.1, -0.05) is 206 Å². The lowest BCUT2D eigenvalue weighted by Crippen LogP contribution is -2.62. The summed E-state index contributed by atoms with van der Waals surface area (Å²) in [6.45, 7) is -0.446. The van der Waals surface area contributed by atoms with E-state index < -0.39 is 0 Å². The molecule has 12 aromatic carbocycles. The lowest BCUT2D eigenvalue weighted by Gasteiger charge is -2.41. The third kappa shape index (κ3) is 7.97. The van der Waals surface area contributed by atoms with E-state index in [0.29, 0.717) is 0 Å². The highest BCUT2D eigenvalue weighted by atomic mass is 16.5. The molecule has 0 saturated carbocycles. The molecule has 7 heteroatoms. The largest absolute Gasteiger partial charge is 0.458 e. The number of anilines is 9. The Morgan fingerprint density at radius 1 is 0.266 bits per heavy atom. The monoisotopic (exact) mass is 1010 g/mol. The zero-order valence-electron chi connectivity index (χ0n) is 43.1. The Kier molecular flexibility index (Phi) is 11.3. The molecular weight excluding hydrogens is 960 g/mol. The molecule has 0 spiro atoms. The molecule has 0 amide bonds. The van der Waals surface area contributed by atoms with Crippen molar-refractivity contribution in [2.75, 3.05) is 14.7 Å². The fourth-order valence-electron chi connectivity index (χ4n) is 12.4. The molecule has 0 fully saturated rings. The van der Waals surface area contributed by atoms with Gasteiger partial charge >= 0.3 is 0 Å². The van der Waals surface area contributed by atoms with E-state index in [4.69, 9.17) is 9.47 Å². The Morgan fingerprint density at radius 3 is 1.24 bits per heavy atom. The summed E-state index contributed by atoms with van der Waals surface area (Å²) >= 11 is 0. The van der Waals surface area contributed by atoms with Crippen LogP contribution in [0.5, 0.6) is 23.0 Å². The second-order valence-electron chi connectivity index (χ2n) is 20.3. The second kappa shape index (κ2) is 19.4. The topological polar surface area (TPSA) is 28.2 Å². The molecule has 79 heavy (non-hydrogen) atoms. The van der Waals surface area contributed by atoms with Gasteiger partial charge in [-0.05, 0) is 128 Å². The van der Waals surface area contributed by atoms with E-state index in [1.807, 2.05) is 0 Å². The third-order valence-corrected chi connectivity index (χ3v) is 15.8. The maximum atomic E-state index is 7.50. The minimum Gasteiger partial charge on any atom is -0.458 e. The van der Waals surface area contributed by atoms with Crippen molar-refractivity contribution in [2.24, 2.45) is 0 Å². The number of rotatable bonds is 10. The molecule has 3 aliphatic heterocycles. The fourth-order valence-corrected chi connectivity index (χ4v) is 12.4. The van der Waals surface area contributed by atoms with Gasteiger partial charge in [0.25, 0.3) is 13.4 Å². The summed E-state index contributed by atoms with van der Waals surface area (Å²) in [4.78, 5) is 7.05. The van der Waals surface area contributed by atoms with E-state index in [0.717, 1.165) is 107 Å². The summed E-state index contributed by atoms with van der Waals surface area (Å²) in [5.74, 6) is 3.11. The van der Waals surface area contributed by atoms with Crippen molar-refractivity contribution < 1.29 is 9.47 Å². The van der Waals surface area contributed by atoms with Crippen LogP contribution in [0.3, 0.4) is 0 Å². The number of hydrogen-bond donors (Lipinski definition) is 0. The van der Waals surface area contributed by atoms with Crippen LogP contribution in [0.25, 0.3) is 22.3 Å². The van der Waals surface area contributed by atoms with Crippen LogP contribution < -0.4 is 57.0 Å². The standard InChI is InChI=1S/C72H49B2N3O2/c1-8-25-50(26-9-1)59-39-24-40-60(51-27-10-2-11-28-51)71(59)74-62-44-43-57(75(52-29-12-3-13-30-52)53-31-14-4-15-32-53)46-67(62)78-68-49-69-63(48-64(68)74)73-61-41-22-23-42-65(61)77(56-37-20-7-21-38-56)66-45-58(47-70(79-69)72(66)73)76(54-33-16-5-17-34-54)55-35-18-6-19-36-55/h1-49H. The molecule has 5 nitrogen and oxygen atoms in total. The minimum absolute atomic E-state index is 0.182. The van der Waals surface area contributed by atoms with Gasteiger partial charge < -0.3 is 24.2 Å². The van der Waals surface area contributed by atoms with E-state index in [9.17, 15) is 0 Å². The molecular formula is C72H49B2N3O2. The highest BCUT2D eigenvalue weighted by Crippen LogP contribution is 2.47. The molecule has 0 atom stereocenters. The van der Waals surface area contributed by atoms with Crippen molar-refractivity contribution in [3.05, 3.63) is 297 Å². The third-order valence-electron chi connectivity index (χ3n) is 15.8. The summed E-state index contributed by atoms with van der Waals surface area (Å²) in [7, 11) is 0. The van der Waals surface area contributed by atoms with E-state index in [2.05, 4.69) is 312 Å². The molecule has 3 heterocycles. The van der Waals surface area contributed by atoms with Gasteiger partial charge in [0.1, 0.15) is 23.0 Å². The predicted octanol–water partition coefficient (Wildman–Crippen LogP) is 15.0. The molecule has 0 aromatic heterocycles. The maximum Gasteiger partial charge on any atom is 0.256 e. The first kappa shape index (κ1) is 46.1. The molecule has 3 aliphatic rings. The Balaban J connectivity index is 0.989. The van der Waals surface area contributed by atoms with Crippen LogP contribution >= 0.6 is 0 Å². The molecule has 0 N–H and O–H groups in total. The van der Waals surface area contributed by atoms with Crippen LogP contribution in [0.4, 0.5) is 51.2 Å². The van der Waals surface area contributed by atoms with Crippen molar-refractivity contribution >= 4 is 97.4 Å². The van der Waals surface area contributed by atoms with Crippen LogP contribution in [0.2, 0.25) is 0 Å². The normalized spacial score (nSPS) is 12.4. The number of fused-ring (bicyclic) bond motifs is 6. The van der Waals surface area contributed by atoms with Crippen molar-refractivity contribution in [2.45, 2.75) is 0 Å². The second-order valence-corrected chi connectivity index (χ2v) is 20.3. The quantitative estimate of drug-likeness (QED) is 0.127. The van der Waals surface area contributed by atoms with Crippen LogP contribution in [-0.4, -0.2) is 13.4 Å². The van der Waals surface area contributed by atoms with Gasteiger partial charge in [-0.25, -0.2) is 0 Å². The number of benzene rings is 12. The molecule has 15 rings (SSSR count). The van der Waals surface area contributed by atoms with Crippen molar-refractivity contribution in [3.63, 3.8) is 0 Å². The number of nitrogens with zero attached hydrogens (tertiary/aromatic N) is 3. The van der Waals surface area contributed by atoms with Crippen molar-refractivity contribution in [3.8, 4) is 45.3 Å². The van der Waals surface area contributed by atoms with Crippen molar-refractivity contribution in [1.29, 1.82) is 0 Å². The van der Waals surface area contributed by atoms with Gasteiger partial charge in [0.2, 0.25) is 0 Å². The average molecular weight is 1010 g/mol. The average Bonchev–Trinajstić information content (AvgIpc) is 3.70. The molecule has 0 radical (unpaired) electrons. The highest BCUT2D eigenvalue weighted by Gasteiger charge is 2.45. The maximum absolute atomic E-state index is 7.50. The van der Waals surface area contributed by atoms with Crippen molar-refractivity contribution in [1.82, 2.24) is 0 Å². The Bertz CT molecular complexity index is 4070. The van der Waals surface area contributed by atoms with E-state index >= 15 is 0 Å². The van der Waals surface area contributed by atoms with Gasteiger partial charge in [-0.2, -0.15) is 0 Å². The SMILES string of the molecule is c1ccc(-c2cccc(-c3ccccc3)c2B2c3ccc(N(c4ccccc4)c4ccccc4)cc3Oc3cc4c(cc32)B2c3ccccc3N(c3ccccc3)c3cc(N(c5ccccc5)c5ccccc5)cc(c32)O4)cc1. The Morgan fingerprint density at radius 2 is 0.696 bits per heavy atom. The molecule has 0 unspecified atom stereocenters. The van der Waals surface area contributed by atoms with Gasteiger partial charge in [-0.3, -0.25) is 0 Å². The Hall–Kier alpha value is -10.2. The number of ether oxygens (including phenoxy) is 2. The van der Waals surface area contributed by atoms with Gasteiger partial charge in [-0.15, -0.1) is 0 Å². The van der Waals surface area contributed by atoms with Crippen LogP contribution in [0.15, 0.2) is 297 Å². The smallest absolute Gasteiger partial charge is 0.256 e. The lowest BCUT2D eigenvalue weighted by molar-refractivity contribution is 0.466. The summed E-state index contributed by atoms with van der Waals surface area (Å²) < 4.78 is 14.9. The fraction of sp³-hybridized carbons (Fsp3) is 0. The first-order valence-electron chi connectivity index (χ1n) is 27.1. The molecule has 370 valence electrons. The molecule has 0 aliphatic carbocycles. The number of para-hydroxylation sites is 6. The van der Waals surface area contributed by atoms with Gasteiger partial charge in [0, 0.05) is 63.7 Å². The van der Waals surface area contributed by atoms with E-state index in [-0.39, 0.29) is 13.4 Å². The zero-order chi connectivity index (χ0) is 52.2. The first-order chi connectivity index (χ1) is 39.2. The van der Waals surface area contributed by atoms with E-state index in [1.54, 1.807) is 0 Å². The van der Waals surface area contributed by atoms with Gasteiger partial charge in [0.15, 0.2) is 0 Å². The summed E-state index contributed by atoms with van der Waals surface area (Å²) in [6.07, 6.45) is 0. The van der Waals surface area contributed by atoms with Gasteiger partial charge in [0.05, 0.1) is 5.69 Å². The van der Waals surface area contributed by atoms with Crippen LogP contribution in [-0.2, 0) is 0 Å². The Labute approximate surface area is 461 Å². The summed E-state index contributed by atoms with van der Waals surface area (Å²) in [6, 6.07) is 106. The first-order valence-corrected chi connectivity index (χ1v) is 27.1. The molecule has 12 aromatic rings. The molecule has 0 bridgehead atoms. The zero-order valence-corrected chi connectivity index (χ0v) is 43.1. The predicted molar refractivity (Wildman–Crippen MR) is 330 cm³/mol. The highest BCUT2D eigenvalue weighted by molar-refractivity contribution is 7.01. The minimum atomic E-state index is -0.264. The summed E-state index contributed by atoms with van der Waals surface area (Å²) in [5.41, 5.74) is 20.9. The lowest BCUT2D eigenvalue weighted by atomic mass is 9.31. The summed E-state index contributed by atoms with van der Waals surface area (Å²) in [5, 5.41) is 0. The molecule has 0 saturated heterocycles. The van der Waals surface area contributed by atoms with Crippen LogP contribution in [0, 0.1) is 0 Å².